The van der Waals surface area contributed by atoms with Crippen molar-refractivity contribution >= 4 is 0 Å². The molecule has 0 radical (unpaired) electrons. The summed E-state index contributed by atoms with van der Waals surface area (Å²) in [5.41, 5.74) is 2.26. The summed E-state index contributed by atoms with van der Waals surface area (Å²) in [6.07, 6.45) is 4.14. The standard InChI is InChI=1S/C15H23NO/c1-11(14-6-4-7-14)16-12(2)15-8-3-5-13(9-15)10-17/h3,5,8-9,11-12,14,16-17H,4,6-7,10H2,1-2H3. The molecule has 1 fully saturated rings. The van der Waals surface area contributed by atoms with Gasteiger partial charge in [-0.2, -0.15) is 0 Å². The van der Waals surface area contributed by atoms with Crippen LogP contribution in [-0.2, 0) is 6.61 Å². The minimum atomic E-state index is 0.124. The van der Waals surface area contributed by atoms with Crippen LogP contribution in [0.4, 0.5) is 0 Å². The molecule has 0 aromatic heterocycles. The van der Waals surface area contributed by atoms with Crippen LogP contribution < -0.4 is 5.32 Å². The van der Waals surface area contributed by atoms with Crippen LogP contribution in [0.3, 0.4) is 0 Å². The molecule has 17 heavy (non-hydrogen) atoms. The minimum absolute atomic E-state index is 0.124. The van der Waals surface area contributed by atoms with Gasteiger partial charge in [-0.1, -0.05) is 30.7 Å². The molecule has 1 aromatic carbocycles. The predicted octanol–water partition coefficient (Wildman–Crippen LogP) is 3.02. The normalized spacial score (nSPS) is 19.7. The number of benzene rings is 1. The van der Waals surface area contributed by atoms with E-state index in [1.807, 2.05) is 12.1 Å². The molecule has 2 N–H and O–H groups in total. The van der Waals surface area contributed by atoms with Gasteiger partial charge in [0, 0.05) is 12.1 Å². The van der Waals surface area contributed by atoms with Gasteiger partial charge in [0.25, 0.3) is 0 Å². The van der Waals surface area contributed by atoms with Crippen LogP contribution in [-0.4, -0.2) is 11.1 Å². The number of hydrogen-bond donors (Lipinski definition) is 2. The maximum absolute atomic E-state index is 9.14. The molecule has 0 amide bonds. The topological polar surface area (TPSA) is 32.3 Å². The van der Waals surface area contributed by atoms with Gasteiger partial charge in [0.2, 0.25) is 0 Å². The van der Waals surface area contributed by atoms with Crippen LogP contribution in [0.1, 0.15) is 50.3 Å². The maximum atomic E-state index is 9.14. The molecule has 2 heteroatoms. The Morgan fingerprint density at radius 3 is 2.71 bits per heavy atom. The van der Waals surface area contributed by atoms with Crippen molar-refractivity contribution in [3.63, 3.8) is 0 Å². The van der Waals surface area contributed by atoms with Crippen molar-refractivity contribution in [2.24, 2.45) is 5.92 Å². The number of aliphatic hydroxyl groups is 1. The van der Waals surface area contributed by atoms with E-state index in [0.717, 1.165) is 11.5 Å². The van der Waals surface area contributed by atoms with E-state index in [2.05, 4.69) is 31.3 Å². The first-order valence-corrected chi connectivity index (χ1v) is 6.66. The molecule has 0 aliphatic heterocycles. The van der Waals surface area contributed by atoms with Crippen LogP contribution in [0.15, 0.2) is 24.3 Å². The van der Waals surface area contributed by atoms with E-state index in [1.165, 1.54) is 24.8 Å². The lowest BCUT2D eigenvalue weighted by atomic mass is 9.80. The van der Waals surface area contributed by atoms with Crippen LogP contribution >= 0.6 is 0 Å². The molecule has 94 valence electrons. The quantitative estimate of drug-likeness (QED) is 0.819. The highest BCUT2D eigenvalue weighted by atomic mass is 16.3. The Kier molecular flexibility index (Phi) is 4.19. The number of hydrogen-bond acceptors (Lipinski definition) is 2. The van der Waals surface area contributed by atoms with Crippen LogP contribution in [0.25, 0.3) is 0 Å². The Labute approximate surface area is 104 Å². The Morgan fingerprint density at radius 2 is 2.12 bits per heavy atom. The first-order valence-electron chi connectivity index (χ1n) is 6.66. The second kappa shape index (κ2) is 5.65. The third-order valence-corrected chi connectivity index (χ3v) is 4.00. The Balaban J connectivity index is 1.95. The van der Waals surface area contributed by atoms with Gasteiger partial charge < -0.3 is 10.4 Å². The molecule has 2 nitrogen and oxygen atoms in total. The highest BCUT2D eigenvalue weighted by molar-refractivity contribution is 5.25. The predicted molar refractivity (Wildman–Crippen MR) is 70.7 cm³/mol. The SMILES string of the molecule is CC(NC(C)C1CCC1)c1cccc(CO)c1. The van der Waals surface area contributed by atoms with Gasteiger partial charge in [-0.05, 0) is 43.7 Å². The van der Waals surface area contributed by atoms with E-state index in [1.54, 1.807) is 0 Å². The molecular weight excluding hydrogens is 210 g/mol. The van der Waals surface area contributed by atoms with Crippen molar-refractivity contribution in [2.45, 2.75) is 51.8 Å². The van der Waals surface area contributed by atoms with Crippen LogP contribution in [0.5, 0.6) is 0 Å². The van der Waals surface area contributed by atoms with E-state index in [-0.39, 0.29) is 6.61 Å². The van der Waals surface area contributed by atoms with Crippen LogP contribution in [0, 0.1) is 5.92 Å². The van der Waals surface area contributed by atoms with Crippen molar-refractivity contribution in [2.75, 3.05) is 0 Å². The summed E-state index contributed by atoms with van der Waals surface area (Å²) in [6.45, 7) is 4.61. The van der Waals surface area contributed by atoms with Crippen molar-refractivity contribution in [3.8, 4) is 0 Å². The van der Waals surface area contributed by atoms with E-state index in [0.29, 0.717) is 12.1 Å². The van der Waals surface area contributed by atoms with Gasteiger partial charge in [0.05, 0.1) is 6.61 Å². The molecule has 1 saturated carbocycles. The Morgan fingerprint density at radius 1 is 1.35 bits per heavy atom. The van der Waals surface area contributed by atoms with E-state index in [4.69, 9.17) is 5.11 Å². The third-order valence-electron chi connectivity index (χ3n) is 4.00. The summed E-state index contributed by atoms with van der Waals surface area (Å²) >= 11 is 0. The summed E-state index contributed by atoms with van der Waals surface area (Å²) in [5, 5.41) is 12.8. The average Bonchev–Trinajstić information content (AvgIpc) is 2.26. The molecular formula is C15H23NO. The van der Waals surface area contributed by atoms with Gasteiger partial charge >= 0.3 is 0 Å². The van der Waals surface area contributed by atoms with Crippen molar-refractivity contribution in [3.05, 3.63) is 35.4 Å². The maximum Gasteiger partial charge on any atom is 0.0681 e. The molecule has 2 atom stereocenters. The third kappa shape index (κ3) is 3.08. The van der Waals surface area contributed by atoms with E-state index >= 15 is 0 Å². The first-order chi connectivity index (χ1) is 8.20. The number of aliphatic hydroxyl groups excluding tert-OH is 1. The van der Waals surface area contributed by atoms with Gasteiger partial charge in [-0.3, -0.25) is 0 Å². The van der Waals surface area contributed by atoms with E-state index < -0.39 is 0 Å². The summed E-state index contributed by atoms with van der Waals surface area (Å²) in [7, 11) is 0. The zero-order chi connectivity index (χ0) is 12.3. The number of rotatable bonds is 5. The van der Waals surface area contributed by atoms with E-state index in [9.17, 15) is 0 Å². The Bertz CT molecular complexity index is 360. The van der Waals surface area contributed by atoms with Crippen molar-refractivity contribution in [1.29, 1.82) is 0 Å². The summed E-state index contributed by atoms with van der Waals surface area (Å²) in [6, 6.07) is 9.15. The number of nitrogens with one attached hydrogen (secondary N) is 1. The monoisotopic (exact) mass is 233 g/mol. The molecule has 2 rings (SSSR count). The summed E-state index contributed by atoms with van der Waals surface area (Å²) in [4.78, 5) is 0. The second-order valence-electron chi connectivity index (χ2n) is 5.27. The lowest BCUT2D eigenvalue weighted by molar-refractivity contribution is 0.229. The fourth-order valence-electron chi connectivity index (χ4n) is 2.53. The molecule has 1 aromatic rings. The molecule has 1 aliphatic carbocycles. The molecule has 1 aliphatic rings. The first kappa shape index (κ1) is 12.6. The largest absolute Gasteiger partial charge is 0.392 e. The summed E-state index contributed by atoms with van der Waals surface area (Å²) < 4.78 is 0. The molecule has 0 heterocycles. The Hall–Kier alpha value is -0.860. The van der Waals surface area contributed by atoms with Gasteiger partial charge in [-0.15, -0.1) is 0 Å². The van der Waals surface area contributed by atoms with Gasteiger partial charge in [-0.25, -0.2) is 0 Å². The van der Waals surface area contributed by atoms with Gasteiger partial charge in [0.15, 0.2) is 0 Å². The van der Waals surface area contributed by atoms with Crippen molar-refractivity contribution < 1.29 is 5.11 Å². The molecule has 0 spiro atoms. The molecule has 0 bridgehead atoms. The molecule has 0 saturated heterocycles. The lowest BCUT2D eigenvalue weighted by Crippen LogP contribution is -2.38. The smallest absolute Gasteiger partial charge is 0.0681 e. The van der Waals surface area contributed by atoms with Crippen molar-refractivity contribution in [1.82, 2.24) is 5.32 Å². The highest BCUT2D eigenvalue weighted by Crippen LogP contribution is 2.30. The van der Waals surface area contributed by atoms with Crippen LogP contribution in [0.2, 0.25) is 0 Å². The fourth-order valence-corrected chi connectivity index (χ4v) is 2.53. The summed E-state index contributed by atoms with van der Waals surface area (Å²) in [5.74, 6) is 0.860. The van der Waals surface area contributed by atoms with Gasteiger partial charge in [0.1, 0.15) is 0 Å². The minimum Gasteiger partial charge on any atom is -0.392 e. The average molecular weight is 233 g/mol. The zero-order valence-electron chi connectivity index (χ0n) is 10.8. The fraction of sp³-hybridized carbons (Fsp3) is 0.600. The second-order valence-corrected chi connectivity index (χ2v) is 5.27. The molecule has 2 unspecified atom stereocenters. The zero-order valence-corrected chi connectivity index (χ0v) is 10.8. The lowest BCUT2D eigenvalue weighted by Gasteiger charge is -2.34. The highest BCUT2D eigenvalue weighted by Gasteiger charge is 2.24.